The molecule has 1 fully saturated rings. The predicted octanol–water partition coefficient (Wildman–Crippen LogP) is 2.69. The third-order valence-corrected chi connectivity index (χ3v) is 4.79. The first kappa shape index (κ1) is 20.0. The molecule has 0 N–H and O–H groups in total. The Kier molecular flexibility index (Phi) is 7.55. The third-order valence-electron chi connectivity index (χ3n) is 4.79. The fraction of sp³-hybridized carbons (Fsp3) is 0.409. The van der Waals surface area contributed by atoms with Crippen molar-refractivity contribution in [2.45, 2.75) is 6.42 Å². The average molecular weight is 384 g/mol. The fourth-order valence-electron chi connectivity index (χ4n) is 3.12. The van der Waals surface area contributed by atoms with E-state index in [0.29, 0.717) is 19.6 Å². The summed E-state index contributed by atoms with van der Waals surface area (Å²) in [6.07, 6.45) is 0.412. The van der Waals surface area contributed by atoms with Crippen molar-refractivity contribution in [3.05, 3.63) is 54.6 Å². The van der Waals surface area contributed by atoms with Crippen LogP contribution in [0.15, 0.2) is 54.6 Å². The smallest absolute Gasteiger partial charge is 0.226 e. The zero-order valence-electron chi connectivity index (χ0n) is 16.4. The van der Waals surface area contributed by atoms with Gasteiger partial charge in [0.25, 0.3) is 0 Å². The Bertz CT molecular complexity index is 713. The highest BCUT2D eigenvalue weighted by Crippen LogP contribution is 2.17. The molecule has 0 bridgehead atoms. The number of piperazine rings is 1. The fourth-order valence-corrected chi connectivity index (χ4v) is 3.12. The van der Waals surface area contributed by atoms with Crippen molar-refractivity contribution in [2.24, 2.45) is 0 Å². The van der Waals surface area contributed by atoms with E-state index >= 15 is 0 Å². The maximum atomic E-state index is 12.3. The van der Waals surface area contributed by atoms with Gasteiger partial charge in [-0.15, -0.1) is 0 Å². The largest absolute Gasteiger partial charge is 0.497 e. The van der Waals surface area contributed by atoms with Gasteiger partial charge in [-0.1, -0.05) is 18.2 Å². The number of rotatable bonds is 9. The lowest BCUT2D eigenvalue weighted by atomic mass is 10.3. The van der Waals surface area contributed by atoms with Gasteiger partial charge < -0.3 is 19.1 Å². The SMILES string of the molecule is COc1ccc(OCCN2CCN(C(=O)CCOc3ccccc3)CC2)cc1. The molecule has 0 spiro atoms. The number of methoxy groups -OCH3 is 1. The zero-order chi connectivity index (χ0) is 19.6. The number of benzene rings is 2. The predicted molar refractivity (Wildman–Crippen MR) is 108 cm³/mol. The first-order valence-corrected chi connectivity index (χ1v) is 9.69. The van der Waals surface area contributed by atoms with Crippen LogP contribution in [-0.4, -0.2) is 68.8 Å². The second kappa shape index (κ2) is 10.6. The molecule has 0 unspecified atom stereocenters. The summed E-state index contributed by atoms with van der Waals surface area (Å²) in [7, 11) is 1.65. The highest BCUT2D eigenvalue weighted by Gasteiger charge is 2.20. The number of carbonyl (C=O) groups excluding carboxylic acids is 1. The van der Waals surface area contributed by atoms with Crippen molar-refractivity contribution in [3.63, 3.8) is 0 Å². The van der Waals surface area contributed by atoms with Gasteiger partial charge in [0.15, 0.2) is 0 Å². The second-order valence-electron chi connectivity index (χ2n) is 6.66. The van der Waals surface area contributed by atoms with Crippen molar-refractivity contribution < 1.29 is 19.0 Å². The van der Waals surface area contributed by atoms with Crippen LogP contribution in [0.4, 0.5) is 0 Å². The monoisotopic (exact) mass is 384 g/mol. The van der Waals surface area contributed by atoms with Crippen LogP contribution >= 0.6 is 0 Å². The van der Waals surface area contributed by atoms with E-state index in [0.717, 1.165) is 50.0 Å². The first-order valence-electron chi connectivity index (χ1n) is 9.69. The molecule has 2 aromatic rings. The topological polar surface area (TPSA) is 51.2 Å². The van der Waals surface area contributed by atoms with E-state index in [4.69, 9.17) is 14.2 Å². The molecule has 1 amide bonds. The van der Waals surface area contributed by atoms with Crippen molar-refractivity contribution in [2.75, 3.05) is 53.0 Å². The van der Waals surface area contributed by atoms with Gasteiger partial charge in [0.2, 0.25) is 5.91 Å². The van der Waals surface area contributed by atoms with Gasteiger partial charge in [0.1, 0.15) is 23.9 Å². The lowest BCUT2D eigenvalue weighted by Crippen LogP contribution is -2.49. The van der Waals surface area contributed by atoms with E-state index in [9.17, 15) is 4.79 Å². The van der Waals surface area contributed by atoms with Crippen LogP contribution in [0.3, 0.4) is 0 Å². The van der Waals surface area contributed by atoms with Crippen molar-refractivity contribution in [1.29, 1.82) is 0 Å². The van der Waals surface area contributed by atoms with Crippen LogP contribution in [0.5, 0.6) is 17.2 Å². The van der Waals surface area contributed by atoms with Gasteiger partial charge >= 0.3 is 0 Å². The Morgan fingerprint density at radius 2 is 1.43 bits per heavy atom. The minimum atomic E-state index is 0.157. The molecule has 1 saturated heterocycles. The molecule has 0 aliphatic carbocycles. The molecule has 3 rings (SSSR count). The Morgan fingerprint density at radius 3 is 2.11 bits per heavy atom. The normalized spacial score (nSPS) is 14.5. The van der Waals surface area contributed by atoms with Gasteiger partial charge in [-0.2, -0.15) is 0 Å². The number of para-hydroxylation sites is 1. The van der Waals surface area contributed by atoms with Crippen molar-refractivity contribution in [3.8, 4) is 17.2 Å². The summed E-state index contributed by atoms with van der Waals surface area (Å²) in [5, 5.41) is 0. The van der Waals surface area contributed by atoms with Crippen molar-refractivity contribution in [1.82, 2.24) is 9.80 Å². The summed E-state index contributed by atoms with van der Waals surface area (Å²) in [5.74, 6) is 2.62. The summed E-state index contributed by atoms with van der Waals surface area (Å²) >= 11 is 0. The minimum Gasteiger partial charge on any atom is -0.497 e. The van der Waals surface area contributed by atoms with Gasteiger partial charge in [0, 0.05) is 32.7 Å². The van der Waals surface area contributed by atoms with Crippen LogP contribution in [0, 0.1) is 0 Å². The maximum Gasteiger partial charge on any atom is 0.226 e. The summed E-state index contributed by atoms with van der Waals surface area (Å²) in [5.41, 5.74) is 0. The van der Waals surface area contributed by atoms with Crippen LogP contribution in [0.1, 0.15) is 6.42 Å². The molecule has 0 atom stereocenters. The Labute approximate surface area is 166 Å². The quantitative estimate of drug-likeness (QED) is 0.665. The summed E-state index contributed by atoms with van der Waals surface area (Å²) in [4.78, 5) is 16.6. The number of amides is 1. The first-order chi connectivity index (χ1) is 13.7. The molecule has 1 aliphatic rings. The molecule has 0 aromatic heterocycles. The number of carbonyl (C=O) groups is 1. The second-order valence-corrected chi connectivity index (χ2v) is 6.66. The molecular formula is C22H28N2O4. The zero-order valence-corrected chi connectivity index (χ0v) is 16.4. The maximum absolute atomic E-state index is 12.3. The summed E-state index contributed by atoms with van der Waals surface area (Å²) in [6, 6.07) is 17.2. The van der Waals surface area contributed by atoms with Crippen LogP contribution in [-0.2, 0) is 4.79 Å². The van der Waals surface area contributed by atoms with Gasteiger partial charge in [-0.05, 0) is 36.4 Å². The molecule has 1 aliphatic heterocycles. The van der Waals surface area contributed by atoms with Gasteiger partial charge in [0.05, 0.1) is 20.1 Å². The molecule has 6 nitrogen and oxygen atoms in total. The molecule has 2 aromatic carbocycles. The van der Waals surface area contributed by atoms with E-state index in [1.807, 2.05) is 59.5 Å². The Balaban J connectivity index is 1.29. The molecule has 150 valence electrons. The van der Waals surface area contributed by atoms with E-state index in [2.05, 4.69) is 4.90 Å². The highest BCUT2D eigenvalue weighted by molar-refractivity contribution is 5.76. The number of nitrogens with zero attached hydrogens (tertiary/aromatic N) is 2. The van der Waals surface area contributed by atoms with Crippen LogP contribution in [0.25, 0.3) is 0 Å². The average Bonchev–Trinajstić information content (AvgIpc) is 2.75. The number of hydrogen-bond donors (Lipinski definition) is 0. The molecule has 6 heteroatoms. The van der Waals surface area contributed by atoms with Gasteiger partial charge in [-0.3, -0.25) is 9.69 Å². The van der Waals surface area contributed by atoms with E-state index < -0.39 is 0 Å². The lowest BCUT2D eigenvalue weighted by molar-refractivity contribution is -0.133. The molecule has 1 heterocycles. The highest BCUT2D eigenvalue weighted by atomic mass is 16.5. The van der Waals surface area contributed by atoms with E-state index in [-0.39, 0.29) is 5.91 Å². The van der Waals surface area contributed by atoms with Crippen LogP contribution < -0.4 is 14.2 Å². The number of ether oxygens (including phenoxy) is 3. The summed E-state index contributed by atoms with van der Waals surface area (Å²) < 4.78 is 16.5. The molecule has 0 saturated carbocycles. The van der Waals surface area contributed by atoms with E-state index in [1.54, 1.807) is 7.11 Å². The minimum absolute atomic E-state index is 0.157. The summed E-state index contributed by atoms with van der Waals surface area (Å²) in [6.45, 7) is 5.16. The molecular weight excluding hydrogens is 356 g/mol. The van der Waals surface area contributed by atoms with Gasteiger partial charge in [-0.25, -0.2) is 0 Å². The molecule has 28 heavy (non-hydrogen) atoms. The van der Waals surface area contributed by atoms with Crippen LogP contribution in [0.2, 0.25) is 0 Å². The van der Waals surface area contributed by atoms with E-state index in [1.165, 1.54) is 0 Å². The number of hydrogen-bond acceptors (Lipinski definition) is 5. The standard InChI is InChI=1S/C22H28N2O4/c1-26-19-7-9-21(10-8-19)28-18-16-23-12-14-24(15-13-23)22(25)11-17-27-20-5-3-2-4-6-20/h2-10H,11-18H2,1H3. The Hall–Kier alpha value is -2.73. The molecule has 0 radical (unpaired) electrons. The van der Waals surface area contributed by atoms with Crippen molar-refractivity contribution >= 4 is 5.91 Å². The lowest BCUT2D eigenvalue weighted by Gasteiger charge is -2.34. The Morgan fingerprint density at radius 1 is 0.821 bits per heavy atom. The third kappa shape index (κ3) is 6.16.